The van der Waals surface area contributed by atoms with Crippen molar-refractivity contribution in [2.24, 2.45) is 0 Å². The second-order valence-corrected chi connectivity index (χ2v) is 4.26. The van der Waals surface area contributed by atoms with Crippen LogP contribution in [0.15, 0.2) is 24.3 Å². The molecule has 1 heterocycles. The van der Waals surface area contributed by atoms with Crippen LogP contribution in [0, 0.1) is 0 Å². The SMILES string of the molecule is C[C@@H](Cl)C(=O)N1CC(=O)Nc2ccccc21. The standard InChI is InChI=1S/C11H11ClN2O2/c1-7(12)11(16)14-6-10(15)13-8-4-2-3-5-9(8)14/h2-5,7H,6H2,1H3,(H,13,15)/t7-/m1/s1. The quantitative estimate of drug-likeness (QED) is 0.756. The Morgan fingerprint density at radius 1 is 1.50 bits per heavy atom. The molecule has 4 nitrogen and oxygen atoms in total. The molecule has 16 heavy (non-hydrogen) atoms. The molecule has 1 aromatic carbocycles. The van der Waals surface area contributed by atoms with Gasteiger partial charge in [0.2, 0.25) is 11.8 Å². The minimum Gasteiger partial charge on any atom is -0.323 e. The van der Waals surface area contributed by atoms with Gasteiger partial charge in [-0.05, 0) is 19.1 Å². The fraction of sp³-hybridized carbons (Fsp3) is 0.273. The summed E-state index contributed by atoms with van der Waals surface area (Å²) in [5.74, 6) is -0.465. The van der Waals surface area contributed by atoms with Crippen LogP contribution in [0.4, 0.5) is 11.4 Å². The molecule has 1 aromatic rings. The van der Waals surface area contributed by atoms with E-state index in [4.69, 9.17) is 11.6 Å². The van der Waals surface area contributed by atoms with Crippen molar-refractivity contribution < 1.29 is 9.59 Å². The topological polar surface area (TPSA) is 49.4 Å². The average Bonchev–Trinajstić information content (AvgIpc) is 2.26. The number of benzene rings is 1. The maximum absolute atomic E-state index is 11.8. The fourth-order valence-corrected chi connectivity index (χ4v) is 1.76. The largest absolute Gasteiger partial charge is 0.323 e. The first kappa shape index (κ1) is 11.0. The van der Waals surface area contributed by atoms with Gasteiger partial charge in [0.1, 0.15) is 11.9 Å². The van der Waals surface area contributed by atoms with Crippen LogP contribution in [0.25, 0.3) is 0 Å². The molecule has 1 N–H and O–H groups in total. The highest BCUT2D eigenvalue weighted by molar-refractivity contribution is 6.33. The summed E-state index contributed by atoms with van der Waals surface area (Å²) in [6, 6.07) is 7.16. The van der Waals surface area contributed by atoms with E-state index < -0.39 is 5.38 Å². The zero-order chi connectivity index (χ0) is 11.7. The Morgan fingerprint density at radius 3 is 2.88 bits per heavy atom. The van der Waals surface area contributed by atoms with E-state index in [2.05, 4.69) is 5.32 Å². The van der Waals surface area contributed by atoms with E-state index in [1.165, 1.54) is 4.90 Å². The molecule has 1 aliphatic heterocycles. The van der Waals surface area contributed by atoms with Gasteiger partial charge in [-0.2, -0.15) is 0 Å². The number of carbonyl (C=O) groups excluding carboxylic acids is 2. The Kier molecular flexibility index (Phi) is 2.83. The van der Waals surface area contributed by atoms with Crippen molar-refractivity contribution >= 4 is 34.8 Å². The summed E-state index contributed by atoms with van der Waals surface area (Å²) in [5.41, 5.74) is 1.34. The summed E-state index contributed by atoms with van der Waals surface area (Å²) in [4.78, 5) is 24.6. The first-order valence-electron chi connectivity index (χ1n) is 4.94. The van der Waals surface area contributed by atoms with E-state index in [1.54, 1.807) is 25.1 Å². The van der Waals surface area contributed by atoms with Gasteiger partial charge in [0, 0.05) is 0 Å². The molecule has 0 unspecified atom stereocenters. The normalized spacial score (nSPS) is 16.4. The Bertz CT molecular complexity index is 445. The molecular formula is C11H11ClN2O2. The second-order valence-electron chi connectivity index (χ2n) is 3.61. The number of rotatable bonds is 1. The van der Waals surface area contributed by atoms with Crippen LogP contribution in [-0.4, -0.2) is 23.7 Å². The molecular weight excluding hydrogens is 228 g/mol. The Labute approximate surface area is 98.2 Å². The monoisotopic (exact) mass is 238 g/mol. The number of nitrogens with one attached hydrogen (secondary N) is 1. The van der Waals surface area contributed by atoms with Crippen LogP contribution in [0.2, 0.25) is 0 Å². The number of hydrogen-bond acceptors (Lipinski definition) is 2. The molecule has 1 aliphatic rings. The lowest BCUT2D eigenvalue weighted by Crippen LogP contribution is -2.44. The molecule has 0 aromatic heterocycles. The number of halogens is 1. The van der Waals surface area contributed by atoms with Crippen molar-refractivity contribution in [3.63, 3.8) is 0 Å². The van der Waals surface area contributed by atoms with Crippen molar-refractivity contribution in [1.82, 2.24) is 0 Å². The molecule has 2 rings (SSSR count). The minimum absolute atomic E-state index is 0.0207. The van der Waals surface area contributed by atoms with Crippen molar-refractivity contribution in [3.8, 4) is 0 Å². The lowest BCUT2D eigenvalue weighted by atomic mass is 10.2. The van der Waals surface area contributed by atoms with Gasteiger partial charge in [0.25, 0.3) is 0 Å². The third-order valence-electron chi connectivity index (χ3n) is 2.38. The zero-order valence-electron chi connectivity index (χ0n) is 8.74. The zero-order valence-corrected chi connectivity index (χ0v) is 9.49. The number of carbonyl (C=O) groups is 2. The first-order chi connectivity index (χ1) is 7.59. The average molecular weight is 239 g/mol. The van der Waals surface area contributed by atoms with E-state index >= 15 is 0 Å². The molecule has 1 atom stereocenters. The van der Waals surface area contributed by atoms with Crippen molar-refractivity contribution in [1.29, 1.82) is 0 Å². The summed E-state index contributed by atoms with van der Waals surface area (Å²) in [6.45, 7) is 1.62. The van der Waals surface area contributed by atoms with Gasteiger partial charge in [-0.3, -0.25) is 14.5 Å². The number of hydrogen-bond donors (Lipinski definition) is 1. The molecule has 0 aliphatic carbocycles. The van der Waals surface area contributed by atoms with Gasteiger partial charge in [-0.25, -0.2) is 0 Å². The van der Waals surface area contributed by atoms with Gasteiger partial charge in [-0.1, -0.05) is 12.1 Å². The molecule has 5 heteroatoms. The predicted molar refractivity (Wildman–Crippen MR) is 62.7 cm³/mol. The second kappa shape index (κ2) is 4.14. The lowest BCUT2D eigenvalue weighted by molar-refractivity contribution is -0.121. The Hall–Kier alpha value is -1.55. The van der Waals surface area contributed by atoms with Gasteiger partial charge in [-0.15, -0.1) is 11.6 Å². The molecule has 0 spiro atoms. The fourth-order valence-electron chi connectivity index (χ4n) is 1.64. The third kappa shape index (κ3) is 1.88. The van der Waals surface area contributed by atoms with Crippen LogP contribution in [0.1, 0.15) is 6.92 Å². The minimum atomic E-state index is -0.640. The van der Waals surface area contributed by atoms with E-state index in [9.17, 15) is 9.59 Å². The number of alkyl halides is 1. The highest BCUT2D eigenvalue weighted by atomic mass is 35.5. The van der Waals surface area contributed by atoms with Gasteiger partial charge in [0.15, 0.2) is 0 Å². The van der Waals surface area contributed by atoms with Gasteiger partial charge in [0.05, 0.1) is 11.4 Å². The van der Waals surface area contributed by atoms with Crippen LogP contribution >= 0.6 is 11.6 Å². The number of fused-ring (bicyclic) bond motifs is 1. The highest BCUT2D eigenvalue weighted by Gasteiger charge is 2.28. The molecule has 2 amide bonds. The van der Waals surface area contributed by atoms with Gasteiger partial charge >= 0.3 is 0 Å². The number of para-hydroxylation sites is 2. The molecule has 0 saturated carbocycles. The molecule has 84 valence electrons. The number of nitrogens with zero attached hydrogens (tertiary/aromatic N) is 1. The van der Waals surface area contributed by atoms with Crippen LogP contribution < -0.4 is 10.2 Å². The number of amides is 2. The molecule has 0 saturated heterocycles. The highest BCUT2D eigenvalue weighted by Crippen LogP contribution is 2.29. The van der Waals surface area contributed by atoms with Crippen LogP contribution in [0.3, 0.4) is 0 Å². The van der Waals surface area contributed by atoms with Crippen molar-refractivity contribution in [2.45, 2.75) is 12.3 Å². The summed E-state index contributed by atoms with van der Waals surface area (Å²) in [6.07, 6.45) is 0. The Balaban J connectivity index is 2.41. The summed E-state index contributed by atoms with van der Waals surface area (Å²) >= 11 is 5.75. The molecule has 0 bridgehead atoms. The van der Waals surface area contributed by atoms with Crippen molar-refractivity contribution in [3.05, 3.63) is 24.3 Å². The number of anilines is 2. The van der Waals surface area contributed by atoms with Crippen LogP contribution in [-0.2, 0) is 9.59 Å². The first-order valence-corrected chi connectivity index (χ1v) is 5.37. The maximum Gasteiger partial charge on any atom is 0.245 e. The summed E-state index contributed by atoms with van der Waals surface area (Å²) in [5, 5.41) is 2.07. The van der Waals surface area contributed by atoms with Crippen LogP contribution in [0.5, 0.6) is 0 Å². The lowest BCUT2D eigenvalue weighted by Gasteiger charge is -2.29. The summed E-state index contributed by atoms with van der Waals surface area (Å²) in [7, 11) is 0. The third-order valence-corrected chi connectivity index (χ3v) is 2.56. The van der Waals surface area contributed by atoms with E-state index in [0.717, 1.165) is 0 Å². The molecule has 0 radical (unpaired) electrons. The van der Waals surface area contributed by atoms with E-state index in [0.29, 0.717) is 11.4 Å². The smallest absolute Gasteiger partial charge is 0.245 e. The summed E-state index contributed by atoms with van der Waals surface area (Å²) < 4.78 is 0. The van der Waals surface area contributed by atoms with E-state index in [1.807, 2.05) is 6.07 Å². The van der Waals surface area contributed by atoms with Gasteiger partial charge < -0.3 is 5.32 Å². The van der Waals surface area contributed by atoms with E-state index in [-0.39, 0.29) is 18.4 Å². The van der Waals surface area contributed by atoms with Crippen molar-refractivity contribution in [2.75, 3.05) is 16.8 Å². The predicted octanol–water partition coefficient (Wildman–Crippen LogP) is 1.60. The maximum atomic E-state index is 11.8. The molecule has 0 fully saturated rings. The Morgan fingerprint density at radius 2 is 2.19 bits per heavy atom.